The average Bonchev–Trinajstić information content (AvgIpc) is 2.59. The number of hydrogen-bond donors (Lipinski definition) is 2. The first-order valence-electron chi connectivity index (χ1n) is 8.27. The zero-order valence-corrected chi connectivity index (χ0v) is 15.8. The summed E-state index contributed by atoms with van der Waals surface area (Å²) in [6, 6.07) is 5.21. The standard InChI is InChI=1S/C18H24N2O4S/c1-5-9-24-13-8-7-12(10-14(13)23-6-2)16-15(17(21)22-4)11(3)19-18(25)20-16/h7-8,10,16H,5-6,9H2,1-4H3,(H2,19,20,25)/t16-/m0/s1. The highest BCUT2D eigenvalue weighted by Gasteiger charge is 2.31. The molecule has 1 aromatic rings. The van der Waals surface area contributed by atoms with Crippen LogP contribution in [0.1, 0.15) is 38.8 Å². The zero-order chi connectivity index (χ0) is 18.4. The van der Waals surface area contributed by atoms with E-state index in [2.05, 4.69) is 10.6 Å². The molecule has 0 saturated heterocycles. The zero-order valence-electron chi connectivity index (χ0n) is 15.0. The molecular weight excluding hydrogens is 340 g/mol. The third-order valence-corrected chi connectivity index (χ3v) is 3.96. The van der Waals surface area contributed by atoms with Crippen LogP contribution in [0, 0.1) is 0 Å². The van der Waals surface area contributed by atoms with Crippen LogP contribution >= 0.6 is 12.2 Å². The maximum absolute atomic E-state index is 12.2. The lowest BCUT2D eigenvalue weighted by Crippen LogP contribution is -2.45. The van der Waals surface area contributed by atoms with E-state index in [0.29, 0.717) is 41.1 Å². The molecule has 0 aromatic heterocycles. The van der Waals surface area contributed by atoms with E-state index in [-0.39, 0.29) is 0 Å². The van der Waals surface area contributed by atoms with E-state index in [1.54, 1.807) is 6.92 Å². The third kappa shape index (κ3) is 4.42. The summed E-state index contributed by atoms with van der Waals surface area (Å²) in [5.41, 5.74) is 2.00. The molecule has 136 valence electrons. The number of esters is 1. The van der Waals surface area contributed by atoms with Gasteiger partial charge in [-0.1, -0.05) is 13.0 Å². The fourth-order valence-electron chi connectivity index (χ4n) is 2.63. The number of hydrogen-bond acceptors (Lipinski definition) is 5. The SMILES string of the molecule is CCCOc1ccc([C@@H]2NC(=S)NC(C)=C2C(=O)OC)cc1OCC. The van der Waals surface area contributed by atoms with E-state index in [4.69, 9.17) is 26.4 Å². The summed E-state index contributed by atoms with van der Waals surface area (Å²) in [4.78, 5) is 12.2. The Morgan fingerprint density at radius 2 is 2.00 bits per heavy atom. The Hall–Kier alpha value is -2.28. The lowest BCUT2D eigenvalue weighted by atomic mass is 9.95. The quantitative estimate of drug-likeness (QED) is 0.569. The molecular formula is C18H24N2O4S. The largest absolute Gasteiger partial charge is 0.490 e. The number of carbonyl (C=O) groups excluding carboxylic acids is 1. The van der Waals surface area contributed by atoms with Crippen molar-refractivity contribution >= 4 is 23.3 Å². The fourth-order valence-corrected chi connectivity index (χ4v) is 2.90. The van der Waals surface area contributed by atoms with Gasteiger partial charge in [0.05, 0.1) is 31.9 Å². The van der Waals surface area contributed by atoms with Crippen molar-refractivity contribution in [2.75, 3.05) is 20.3 Å². The number of carbonyl (C=O) groups is 1. The molecule has 0 aliphatic carbocycles. The Morgan fingerprint density at radius 1 is 1.24 bits per heavy atom. The highest BCUT2D eigenvalue weighted by Crippen LogP contribution is 2.34. The topological polar surface area (TPSA) is 68.8 Å². The highest BCUT2D eigenvalue weighted by molar-refractivity contribution is 7.80. The van der Waals surface area contributed by atoms with E-state index < -0.39 is 12.0 Å². The van der Waals surface area contributed by atoms with Crippen molar-refractivity contribution in [3.05, 3.63) is 35.0 Å². The molecule has 0 fully saturated rings. The number of rotatable bonds is 7. The number of methoxy groups -OCH3 is 1. The molecule has 0 saturated carbocycles. The van der Waals surface area contributed by atoms with Gasteiger partial charge >= 0.3 is 5.97 Å². The first-order chi connectivity index (χ1) is 12.0. The minimum absolute atomic E-state index is 0.408. The number of thiocarbonyl (C=S) groups is 1. The highest BCUT2D eigenvalue weighted by atomic mass is 32.1. The van der Waals surface area contributed by atoms with Crippen molar-refractivity contribution in [3.8, 4) is 11.5 Å². The maximum atomic E-state index is 12.2. The smallest absolute Gasteiger partial charge is 0.337 e. The molecule has 25 heavy (non-hydrogen) atoms. The van der Waals surface area contributed by atoms with Crippen molar-refractivity contribution < 1.29 is 19.0 Å². The van der Waals surface area contributed by atoms with Gasteiger partial charge in [0, 0.05) is 5.70 Å². The van der Waals surface area contributed by atoms with Crippen LogP contribution in [-0.2, 0) is 9.53 Å². The summed E-state index contributed by atoms with van der Waals surface area (Å²) in [6.07, 6.45) is 0.909. The Kier molecular flexibility index (Phi) is 6.64. The summed E-state index contributed by atoms with van der Waals surface area (Å²) in [5.74, 6) is 0.917. The minimum atomic E-state index is -0.416. The molecule has 1 aromatic carbocycles. The van der Waals surface area contributed by atoms with Gasteiger partial charge in [0.2, 0.25) is 0 Å². The van der Waals surface area contributed by atoms with Gasteiger partial charge in [-0.2, -0.15) is 0 Å². The van der Waals surface area contributed by atoms with Gasteiger partial charge in [0.15, 0.2) is 16.6 Å². The molecule has 2 rings (SSSR count). The van der Waals surface area contributed by atoms with Crippen LogP contribution in [0.25, 0.3) is 0 Å². The second-order valence-corrected chi connectivity index (χ2v) is 5.96. The number of allylic oxidation sites excluding steroid dienone is 1. The number of benzene rings is 1. The monoisotopic (exact) mass is 364 g/mol. The van der Waals surface area contributed by atoms with Gasteiger partial charge in [-0.05, 0) is 50.2 Å². The summed E-state index contributed by atoms with van der Waals surface area (Å²) in [7, 11) is 1.36. The molecule has 1 aliphatic heterocycles. The second kappa shape index (κ2) is 8.71. The molecule has 6 nitrogen and oxygen atoms in total. The van der Waals surface area contributed by atoms with Crippen LogP contribution in [-0.4, -0.2) is 31.4 Å². The van der Waals surface area contributed by atoms with Crippen LogP contribution in [0.3, 0.4) is 0 Å². The molecule has 1 heterocycles. The number of nitrogens with one attached hydrogen (secondary N) is 2. The third-order valence-electron chi connectivity index (χ3n) is 3.74. The molecule has 0 spiro atoms. The van der Waals surface area contributed by atoms with Crippen molar-refractivity contribution in [1.29, 1.82) is 0 Å². The first-order valence-corrected chi connectivity index (χ1v) is 8.68. The van der Waals surface area contributed by atoms with E-state index in [1.165, 1.54) is 7.11 Å². The predicted octanol–water partition coefficient (Wildman–Crippen LogP) is 2.84. The van der Waals surface area contributed by atoms with E-state index in [1.807, 2.05) is 32.0 Å². The Labute approximate surface area is 153 Å². The van der Waals surface area contributed by atoms with Crippen LogP contribution < -0.4 is 20.1 Å². The molecule has 7 heteroatoms. The molecule has 1 atom stereocenters. The Morgan fingerprint density at radius 3 is 2.64 bits per heavy atom. The summed E-state index contributed by atoms with van der Waals surface area (Å²) in [5, 5.41) is 6.55. The van der Waals surface area contributed by atoms with Crippen LogP contribution in [0.5, 0.6) is 11.5 Å². The summed E-state index contributed by atoms with van der Waals surface area (Å²) >= 11 is 5.24. The van der Waals surface area contributed by atoms with E-state index in [9.17, 15) is 4.79 Å². The van der Waals surface area contributed by atoms with Crippen molar-refractivity contribution in [1.82, 2.24) is 10.6 Å². The molecule has 2 N–H and O–H groups in total. The maximum Gasteiger partial charge on any atom is 0.337 e. The Bertz CT molecular complexity index is 688. The van der Waals surface area contributed by atoms with Crippen molar-refractivity contribution in [2.45, 2.75) is 33.2 Å². The van der Waals surface area contributed by atoms with Crippen LogP contribution in [0.2, 0.25) is 0 Å². The second-order valence-electron chi connectivity index (χ2n) is 5.55. The van der Waals surface area contributed by atoms with Gasteiger partial charge in [0.25, 0.3) is 0 Å². The lowest BCUT2D eigenvalue weighted by molar-refractivity contribution is -0.136. The lowest BCUT2D eigenvalue weighted by Gasteiger charge is -2.30. The van der Waals surface area contributed by atoms with Gasteiger partial charge < -0.3 is 24.8 Å². The molecule has 0 unspecified atom stereocenters. The summed E-state index contributed by atoms with van der Waals surface area (Å²) < 4.78 is 16.4. The average molecular weight is 364 g/mol. The van der Waals surface area contributed by atoms with E-state index in [0.717, 1.165) is 12.0 Å². The van der Waals surface area contributed by atoms with E-state index >= 15 is 0 Å². The first kappa shape index (κ1) is 19.1. The fraction of sp³-hybridized carbons (Fsp3) is 0.444. The number of ether oxygens (including phenoxy) is 3. The van der Waals surface area contributed by atoms with Gasteiger partial charge in [-0.25, -0.2) is 4.79 Å². The van der Waals surface area contributed by atoms with Gasteiger partial charge in [-0.15, -0.1) is 0 Å². The molecule has 0 radical (unpaired) electrons. The van der Waals surface area contributed by atoms with Crippen LogP contribution in [0.15, 0.2) is 29.5 Å². The minimum Gasteiger partial charge on any atom is -0.490 e. The predicted molar refractivity (Wildman–Crippen MR) is 99.7 cm³/mol. The van der Waals surface area contributed by atoms with Crippen LogP contribution in [0.4, 0.5) is 0 Å². The molecule has 1 aliphatic rings. The summed E-state index contributed by atoms with van der Waals surface area (Å²) in [6.45, 7) is 6.89. The van der Waals surface area contributed by atoms with Crippen molar-refractivity contribution in [3.63, 3.8) is 0 Å². The Balaban J connectivity index is 2.43. The van der Waals surface area contributed by atoms with Crippen molar-refractivity contribution in [2.24, 2.45) is 0 Å². The van der Waals surface area contributed by atoms with Gasteiger partial charge in [-0.3, -0.25) is 0 Å². The molecule has 0 amide bonds. The van der Waals surface area contributed by atoms with Gasteiger partial charge in [0.1, 0.15) is 0 Å². The molecule has 0 bridgehead atoms. The normalized spacial score (nSPS) is 16.8.